The molecule has 0 aliphatic heterocycles. The molecule has 25 heavy (non-hydrogen) atoms. The van der Waals surface area contributed by atoms with Gasteiger partial charge in [-0.2, -0.15) is 0 Å². The first-order chi connectivity index (χ1) is 12.2. The number of hydrogen-bond donors (Lipinski definition) is 0. The van der Waals surface area contributed by atoms with Gasteiger partial charge in [0.2, 0.25) is 0 Å². The molecular formula is C21H12BiN3. The van der Waals surface area contributed by atoms with Crippen molar-refractivity contribution in [3.05, 3.63) is 89.5 Å². The molecular weight excluding hydrogens is 503 g/mol. The molecule has 0 radical (unpaired) electrons. The maximum atomic E-state index is 9.24. The van der Waals surface area contributed by atoms with Crippen LogP contribution in [0.5, 0.6) is 0 Å². The summed E-state index contributed by atoms with van der Waals surface area (Å²) < 4.78 is 3.46. The monoisotopic (exact) mass is 515 g/mol. The molecule has 0 saturated carbocycles. The van der Waals surface area contributed by atoms with Crippen LogP contribution in [0.25, 0.3) is 0 Å². The second-order valence-electron chi connectivity index (χ2n) is 5.32. The molecule has 3 nitrogen and oxygen atoms in total. The maximum absolute atomic E-state index is 9.24. The fraction of sp³-hybridized carbons (Fsp3) is 0. The summed E-state index contributed by atoms with van der Waals surface area (Å²) in [6.07, 6.45) is 0. The van der Waals surface area contributed by atoms with Crippen LogP contribution in [0.15, 0.2) is 72.8 Å². The average molecular weight is 515 g/mol. The Hall–Kier alpha value is -2.99. The van der Waals surface area contributed by atoms with E-state index in [4.69, 9.17) is 0 Å². The van der Waals surface area contributed by atoms with Crippen LogP contribution in [0, 0.1) is 34.0 Å². The molecule has 0 fully saturated rings. The van der Waals surface area contributed by atoms with Gasteiger partial charge in [-0.15, -0.1) is 0 Å². The molecule has 3 rings (SSSR count). The van der Waals surface area contributed by atoms with E-state index in [1.807, 2.05) is 36.4 Å². The van der Waals surface area contributed by atoms with Gasteiger partial charge in [0.05, 0.1) is 0 Å². The number of nitriles is 3. The summed E-state index contributed by atoms with van der Waals surface area (Å²) in [5.74, 6) is 0. The van der Waals surface area contributed by atoms with Crippen LogP contribution in [0.1, 0.15) is 16.7 Å². The van der Waals surface area contributed by atoms with E-state index in [1.165, 1.54) is 0 Å². The summed E-state index contributed by atoms with van der Waals surface area (Å²) >= 11 is -2.70. The van der Waals surface area contributed by atoms with Gasteiger partial charge in [-0.1, -0.05) is 0 Å². The molecule has 0 atom stereocenters. The summed E-state index contributed by atoms with van der Waals surface area (Å²) in [7, 11) is 0. The van der Waals surface area contributed by atoms with Crippen LogP contribution >= 0.6 is 0 Å². The van der Waals surface area contributed by atoms with E-state index in [2.05, 4.69) is 36.4 Å². The van der Waals surface area contributed by atoms with Gasteiger partial charge in [-0.05, 0) is 0 Å². The predicted octanol–water partition coefficient (Wildman–Crippen LogP) is 1.82. The molecule has 0 bridgehead atoms. The van der Waals surface area contributed by atoms with E-state index < -0.39 is 21.8 Å². The van der Waals surface area contributed by atoms with Gasteiger partial charge in [0.1, 0.15) is 0 Å². The molecule has 3 aromatic carbocycles. The van der Waals surface area contributed by atoms with Gasteiger partial charge in [-0.3, -0.25) is 0 Å². The third-order valence-corrected chi connectivity index (χ3v) is 13.0. The van der Waals surface area contributed by atoms with Crippen molar-refractivity contribution in [2.45, 2.75) is 0 Å². The van der Waals surface area contributed by atoms with Gasteiger partial charge >= 0.3 is 155 Å². The molecule has 0 aliphatic carbocycles. The van der Waals surface area contributed by atoms with Gasteiger partial charge in [-0.25, -0.2) is 0 Å². The van der Waals surface area contributed by atoms with Crippen LogP contribution < -0.4 is 9.81 Å². The number of benzene rings is 3. The Morgan fingerprint density at radius 3 is 1.12 bits per heavy atom. The second kappa shape index (κ2) is 7.72. The Morgan fingerprint density at radius 2 is 0.840 bits per heavy atom. The van der Waals surface area contributed by atoms with Gasteiger partial charge in [0.25, 0.3) is 0 Å². The van der Waals surface area contributed by atoms with Crippen molar-refractivity contribution in [1.29, 1.82) is 15.8 Å². The zero-order valence-corrected chi connectivity index (χ0v) is 16.7. The third kappa shape index (κ3) is 3.75. The van der Waals surface area contributed by atoms with Gasteiger partial charge in [0, 0.05) is 0 Å². The number of hydrogen-bond acceptors (Lipinski definition) is 3. The van der Waals surface area contributed by atoms with Crippen molar-refractivity contribution >= 4 is 31.6 Å². The van der Waals surface area contributed by atoms with Gasteiger partial charge < -0.3 is 0 Å². The summed E-state index contributed by atoms with van der Waals surface area (Å²) in [6, 6.07) is 29.7. The molecule has 3 aromatic rings. The Bertz CT molecular complexity index is 915. The first-order valence-electron chi connectivity index (χ1n) is 7.56. The summed E-state index contributed by atoms with van der Waals surface area (Å²) in [5.41, 5.74) is 1.89. The van der Waals surface area contributed by atoms with Crippen molar-refractivity contribution in [3.63, 3.8) is 0 Å². The molecule has 0 heterocycles. The molecule has 0 saturated heterocycles. The number of nitrogens with zero attached hydrogens (tertiary/aromatic N) is 3. The van der Waals surface area contributed by atoms with Crippen LogP contribution in [-0.2, 0) is 0 Å². The standard InChI is InChI=1S/3C7H4N.Bi/c3*8-6-7-4-2-1-3-5-7;/h3*1-2,4-5H;. The molecule has 0 spiro atoms. The Morgan fingerprint density at radius 1 is 0.520 bits per heavy atom. The summed E-state index contributed by atoms with van der Waals surface area (Å²) in [5, 5.41) is 27.7. The minimum absolute atomic E-state index is 0.630. The van der Waals surface area contributed by atoms with E-state index >= 15 is 0 Å². The fourth-order valence-electron chi connectivity index (χ4n) is 2.59. The normalized spacial score (nSPS) is 9.84. The van der Waals surface area contributed by atoms with Gasteiger partial charge in [0.15, 0.2) is 0 Å². The zero-order chi connectivity index (χ0) is 17.6. The quantitative estimate of drug-likeness (QED) is 0.500. The average Bonchev–Trinajstić information content (AvgIpc) is 2.68. The Balaban J connectivity index is 2.22. The third-order valence-electron chi connectivity index (χ3n) is 3.70. The molecule has 0 N–H and O–H groups in total. The molecule has 0 aliphatic rings. The molecule has 0 amide bonds. The van der Waals surface area contributed by atoms with Crippen LogP contribution in [0.2, 0.25) is 0 Å². The SMILES string of the molecule is N#Cc1ccc[c]([Bi]([c]2cccc(C#N)c2)[c]2cccc(C#N)c2)c1. The Labute approximate surface area is 154 Å². The minimum atomic E-state index is -2.70. The van der Waals surface area contributed by atoms with Crippen molar-refractivity contribution in [3.8, 4) is 18.2 Å². The zero-order valence-electron chi connectivity index (χ0n) is 13.2. The molecule has 4 heteroatoms. The Kier molecular flexibility index (Phi) is 5.21. The van der Waals surface area contributed by atoms with Crippen LogP contribution in [-0.4, -0.2) is 21.8 Å². The van der Waals surface area contributed by atoms with E-state index in [-0.39, 0.29) is 0 Å². The summed E-state index contributed by atoms with van der Waals surface area (Å²) in [6.45, 7) is 0. The number of rotatable bonds is 3. The van der Waals surface area contributed by atoms with E-state index in [0.29, 0.717) is 16.7 Å². The van der Waals surface area contributed by atoms with E-state index in [9.17, 15) is 15.8 Å². The molecule has 116 valence electrons. The topological polar surface area (TPSA) is 71.4 Å². The summed E-state index contributed by atoms with van der Waals surface area (Å²) in [4.78, 5) is 0. The van der Waals surface area contributed by atoms with Crippen molar-refractivity contribution in [2.75, 3.05) is 0 Å². The van der Waals surface area contributed by atoms with E-state index in [1.54, 1.807) is 18.2 Å². The van der Waals surface area contributed by atoms with E-state index in [0.717, 1.165) is 9.81 Å². The molecule has 0 unspecified atom stereocenters. The van der Waals surface area contributed by atoms with Crippen molar-refractivity contribution in [2.24, 2.45) is 0 Å². The van der Waals surface area contributed by atoms with Crippen molar-refractivity contribution < 1.29 is 0 Å². The molecule has 0 aromatic heterocycles. The fourth-order valence-corrected chi connectivity index (χ4v) is 11.9. The van der Waals surface area contributed by atoms with Crippen LogP contribution in [0.4, 0.5) is 0 Å². The van der Waals surface area contributed by atoms with Crippen molar-refractivity contribution in [1.82, 2.24) is 0 Å². The second-order valence-corrected chi connectivity index (χ2v) is 14.0. The van der Waals surface area contributed by atoms with Crippen LogP contribution in [0.3, 0.4) is 0 Å². The first-order valence-corrected chi connectivity index (χ1v) is 12.8. The first kappa shape index (κ1) is 16.9. The predicted molar refractivity (Wildman–Crippen MR) is 98.1 cm³/mol.